The Hall–Kier alpha value is -2.61. The zero-order chi connectivity index (χ0) is 22.8. The molecule has 0 unspecified atom stereocenters. The van der Waals surface area contributed by atoms with E-state index in [1.807, 2.05) is 58.3 Å². The summed E-state index contributed by atoms with van der Waals surface area (Å²) in [6.07, 6.45) is 0.804. The van der Waals surface area contributed by atoms with Crippen LogP contribution in [0.4, 0.5) is 5.13 Å². The van der Waals surface area contributed by atoms with E-state index in [0.717, 1.165) is 34.1 Å². The number of aromatic nitrogens is 1. The Balaban J connectivity index is 1.73. The second-order valence-electron chi connectivity index (χ2n) is 7.85. The number of nitrogens with zero attached hydrogens (tertiary/aromatic N) is 3. The molecule has 0 N–H and O–H groups in total. The van der Waals surface area contributed by atoms with Crippen molar-refractivity contribution in [1.29, 1.82) is 0 Å². The molecule has 0 spiro atoms. The molecule has 4 rings (SSSR count). The quantitative estimate of drug-likeness (QED) is 0.315. The van der Waals surface area contributed by atoms with Gasteiger partial charge in [-0.05, 0) is 70.7 Å². The van der Waals surface area contributed by atoms with Crippen LogP contribution in [0.5, 0.6) is 5.75 Å². The maximum Gasteiger partial charge on any atom is 0.295 e. The molecule has 168 valence electrons. The molecule has 6 nitrogen and oxygen atoms in total. The zero-order valence-electron chi connectivity index (χ0n) is 18.6. The van der Waals surface area contributed by atoms with E-state index in [1.165, 1.54) is 11.3 Å². The van der Waals surface area contributed by atoms with Gasteiger partial charge < -0.3 is 14.1 Å². The van der Waals surface area contributed by atoms with Crippen molar-refractivity contribution in [2.24, 2.45) is 0 Å². The molecule has 2 aromatic heterocycles. The average Bonchev–Trinajstić information content (AvgIpc) is 3.39. The molecule has 1 amide bonds. The molecule has 2 aromatic carbocycles. The molecule has 0 saturated heterocycles. The summed E-state index contributed by atoms with van der Waals surface area (Å²) in [5.41, 5.74) is 2.32. The van der Waals surface area contributed by atoms with Gasteiger partial charge in [-0.1, -0.05) is 35.1 Å². The van der Waals surface area contributed by atoms with Crippen LogP contribution in [-0.4, -0.2) is 49.6 Å². The Morgan fingerprint density at radius 2 is 2.03 bits per heavy atom. The summed E-state index contributed by atoms with van der Waals surface area (Å²) in [7, 11) is 4.04. The Morgan fingerprint density at radius 1 is 1.22 bits per heavy atom. The monoisotopic (exact) mass is 471 g/mol. The number of para-hydroxylation sites is 1. The van der Waals surface area contributed by atoms with Crippen LogP contribution in [0.3, 0.4) is 0 Å². The van der Waals surface area contributed by atoms with Crippen LogP contribution >= 0.6 is 22.9 Å². The first-order valence-corrected chi connectivity index (χ1v) is 11.8. The van der Waals surface area contributed by atoms with Gasteiger partial charge in [0.25, 0.3) is 5.91 Å². The van der Waals surface area contributed by atoms with Crippen molar-refractivity contribution in [1.82, 2.24) is 9.88 Å². The number of furan rings is 1. The van der Waals surface area contributed by atoms with Crippen molar-refractivity contribution in [3.8, 4) is 5.75 Å². The second-order valence-corrected chi connectivity index (χ2v) is 9.26. The number of ether oxygens (including phenoxy) is 1. The van der Waals surface area contributed by atoms with E-state index in [-0.39, 0.29) is 11.7 Å². The number of fused-ring (bicyclic) bond motifs is 2. The Morgan fingerprint density at radius 3 is 2.78 bits per heavy atom. The number of carbonyl (C=O) groups is 1. The summed E-state index contributed by atoms with van der Waals surface area (Å²) in [6, 6.07) is 11.2. The van der Waals surface area contributed by atoms with Gasteiger partial charge in [0.05, 0.1) is 16.8 Å². The third-order valence-electron chi connectivity index (χ3n) is 5.22. The standard InChI is InChI=1S/C24H26ClN3O3S/c1-5-30-18-9-6-8-16-14-19(31-22(16)18)23(29)28(13-7-12-27(3)4)24-26-21-15(2)17(25)10-11-20(21)32-24/h6,8-11,14H,5,7,12-13H2,1-4H3. The fraction of sp³-hybridized carbons (Fsp3) is 0.333. The van der Waals surface area contributed by atoms with Crippen LogP contribution in [0.1, 0.15) is 29.5 Å². The Kier molecular flexibility index (Phi) is 6.69. The number of anilines is 1. The lowest BCUT2D eigenvalue weighted by Crippen LogP contribution is -2.33. The van der Waals surface area contributed by atoms with E-state index in [4.69, 9.17) is 25.7 Å². The highest BCUT2D eigenvalue weighted by Gasteiger charge is 2.25. The minimum Gasteiger partial charge on any atom is -0.490 e. The third-order valence-corrected chi connectivity index (χ3v) is 6.67. The van der Waals surface area contributed by atoms with Crippen molar-refractivity contribution in [3.05, 3.63) is 52.7 Å². The number of hydrogen-bond donors (Lipinski definition) is 0. The number of thiazole rings is 1. The lowest BCUT2D eigenvalue weighted by atomic mass is 10.2. The number of halogens is 1. The summed E-state index contributed by atoms with van der Waals surface area (Å²) in [5, 5.41) is 2.14. The van der Waals surface area contributed by atoms with Crippen molar-refractivity contribution in [2.45, 2.75) is 20.3 Å². The predicted molar refractivity (Wildman–Crippen MR) is 132 cm³/mol. The highest BCUT2D eigenvalue weighted by atomic mass is 35.5. The SMILES string of the molecule is CCOc1cccc2cc(C(=O)N(CCCN(C)C)c3nc4c(C)c(Cl)ccc4s3)oc12. The zero-order valence-corrected chi connectivity index (χ0v) is 20.2. The molecule has 0 saturated carbocycles. The summed E-state index contributed by atoms with van der Waals surface area (Å²) in [4.78, 5) is 22.2. The van der Waals surface area contributed by atoms with E-state index in [1.54, 1.807) is 11.0 Å². The molecule has 0 atom stereocenters. The summed E-state index contributed by atoms with van der Waals surface area (Å²) < 4.78 is 12.7. The fourth-order valence-electron chi connectivity index (χ4n) is 3.58. The summed E-state index contributed by atoms with van der Waals surface area (Å²) >= 11 is 7.77. The van der Waals surface area contributed by atoms with Gasteiger partial charge >= 0.3 is 0 Å². The van der Waals surface area contributed by atoms with Crippen LogP contribution in [0.2, 0.25) is 5.02 Å². The number of benzene rings is 2. The third kappa shape index (κ3) is 4.46. The van der Waals surface area contributed by atoms with Crippen LogP contribution in [0.15, 0.2) is 40.8 Å². The van der Waals surface area contributed by atoms with Crippen LogP contribution in [-0.2, 0) is 0 Å². The molecule has 0 aliphatic rings. The van der Waals surface area contributed by atoms with Crippen LogP contribution in [0.25, 0.3) is 21.2 Å². The molecule has 32 heavy (non-hydrogen) atoms. The summed E-state index contributed by atoms with van der Waals surface area (Å²) in [5.74, 6) is 0.685. The topological polar surface area (TPSA) is 58.8 Å². The van der Waals surface area contributed by atoms with Gasteiger partial charge in [0.1, 0.15) is 0 Å². The molecule has 2 heterocycles. The minimum absolute atomic E-state index is 0.217. The normalized spacial score (nSPS) is 11.6. The van der Waals surface area contributed by atoms with Gasteiger partial charge in [-0.3, -0.25) is 9.69 Å². The van der Waals surface area contributed by atoms with Gasteiger partial charge in [0.2, 0.25) is 0 Å². The van der Waals surface area contributed by atoms with E-state index in [9.17, 15) is 4.79 Å². The van der Waals surface area contributed by atoms with Crippen molar-refractivity contribution in [2.75, 3.05) is 38.7 Å². The van der Waals surface area contributed by atoms with Crippen molar-refractivity contribution in [3.63, 3.8) is 0 Å². The number of aryl methyl sites for hydroxylation is 1. The first-order chi connectivity index (χ1) is 15.4. The number of amides is 1. The molecule has 4 aromatic rings. The Bertz CT molecular complexity index is 1260. The predicted octanol–water partition coefficient (Wildman–Crippen LogP) is 6.00. The average molecular weight is 472 g/mol. The molecular formula is C24H26ClN3O3S. The molecular weight excluding hydrogens is 446 g/mol. The number of carbonyl (C=O) groups excluding carboxylic acids is 1. The number of hydrogen-bond acceptors (Lipinski definition) is 6. The van der Waals surface area contributed by atoms with Crippen molar-refractivity contribution < 1.29 is 13.9 Å². The van der Waals surface area contributed by atoms with Crippen LogP contribution < -0.4 is 9.64 Å². The maximum atomic E-state index is 13.6. The molecule has 0 aliphatic heterocycles. The first kappa shape index (κ1) is 22.6. The van der Waals surface area contributed by atoms with Gasteiger partial charge in [-0.25, -0.2) is 4.98 Å². The fourth-order valence-corrected chi connectivity index (χ4v) is 4.78. The summed E-state index contributed by atoms with van der Waals surface area (Å²) in [6.45, 7) is 5.77. The lowest BCUT2D eigenvalue weighted by Gasteiger charge is -2.19. The van der Waals surface area contributed by atoms with E-state index >= 15 is 0 Å². The molecule has 0 bridgehead atoms. The van der Waals surface area contributed by atoms with Gasteiger partial charge in [0, 0.05) is 17.0 Å². The number of rotatable bonds is 8. The van der Waals surface area contributed by atoms with E-state index in [0.29, 0.717) is 34.6 Å². The van der Waals surface area contributed by atoms with E-state index in [2.05, 4.69) is 4.90 Å². The maximum absolute atomic E-state index is 13.6. The van der Waals surface area contributed by atoms with Gasteiger partial charge in [-0.2, -0.15) is 0 Å². The van der Waals surface area contributed by atoms with Gasteiger partial charge in [0.15, 0.2) is 22.2 Å². The smallest absolute Gasteiger partial charge is 0.295 e. The van der Waals surface area contributed by atoms with E-state index < -0.39 is 0 Å². The molecule has 0 fully saturated rings. The highest BCUT2D eigenvalue weighted by molar-refractivity contribution is 7.22. The van der Waals surface area contributed by atoms with Gasteiger partial charge in [-0.15, -0.1) is 0 Å². The Labute approximate surface area is 196 Å². The molecule has 8 heteroatoms. The first-order valence-electron chi connectivity index (χ1n) is 10.6. The van der Waals surface area contributed by atoms with Crippen LogP contribution in [0, 0.1) is 6.92 Å². The molecule has 0 aliphatic carbocycles. The lowest BCUT2D eigenvalue weighted by molar-refractivity contribution is 0.0961. The van der Waals surface area contributed by atoms with Crippen molar-refractivity contribution >= 4 is 55.2 Å². The highest BCUT2D eigenvalue weighted by Crippen LogP contribution is 2.35. The molecule has 0 radical (unpaired) electrons. The minimum atomic E-state index is -0.217. The largest absolute Gasteiger partial charge is 0.490 e. The second kappa shape index (κ2) is 9.48.